The van der Waals surface area contributed by atoms with Crippen LogP contribution in [0.2, 0.25) is 0 Å². The molecule has 0 spiro atoms. The van der Waals surface area contributed by atoms with E-state index in [0.29, 0.717) is 11.8 Å². The third-order valence-corrected chi connectivity index (χ3v) is 3.14. The summed E-state index contributed by atoms with van der Waals surface area (Å²) in [7, 11) is 0. The SMILES string of the molecule is CC(O)N1CC2CN(N=O)CC2C1. The first-order valence-electron chi connectivity index (χ1n) is 4.71. The molecule has 1 N–H and O–H groups in total. The van der Waals surface area contributed by atoms with Crippen LogP contribution >= 0.6 is 0 Å². The number of nitrogens with zero attached hydrogens (tertiary/aromatic N) is 3. The average Bonchev–Trinajstić information content (AvgIpc) is 2.58. The van der Waals surface area contributed by atoms with Crippen LogP contribution in [0.15, 0.2) is 5.29 Å². The minimum atomic E-state index is -0.358. The molecule has 3 unspecified atom stereocenters. The summed E-state index contributed by atoms with van der Waals surface area (Å²) in [5.41, 5.74) is 0. The molecule has 2 fully saturated rings. The second-order valence-corrected chi connectivity index (χ2v) is 4.06. The molecule has 2 aliphatic heterocycles. The van der Waals surface area contributed by atoms with E-state index in [9.17, 15) is 10.0 Å². The molecular formula is C8H15N3O2. The van der Waals surface area contributed by atoms with E-state index in [0.717, 1.165) is 26.2 Å². The van der Waals surface area contributed by atoms with Gasteiger partial charge in [0.15, 0.2) is 0 Å². The van der Waals surface area contributed by atoms with Gasteiger partial charge in [-0.1, -0.05) is 0 Å². The molecule has 5 nitrogen and oxygen atoms in total. The first-order chi connectivity index (χ1) is 6.20. The normalized spacial score (nSPS) is 36.3. The van der Waals surface area contributed by atoms with Crippen LogP contribution in [0.4, 0.5) is 0 Å². The summed E-state index contributed by atoms with van der Waals surface area (Å²) in [5, 5.41) is 13.9. The van der Waals surface area contributed by atoms with E-state index >= 15 is 0 Å². The molecule has 13 heavy (non-hydrogen) atoms. The van der Waals surface area contributed by atoms with Crippen molar-refractivity contribution in [3.8, 4) is 0 Å². The second-order valence-electron chi connectivity index (χ2n) is 4.06. The van der Waals surface area contributed by atoms with E-state index in [1.165, 1.54) is 0 Å². The van der Waals surface area contributed by atoms with Crippen molar-refractivity contribution in [1.82, 2.24) is 9.91 Å². The number of fused-ring (bicyclic) bond motifs is 1. The molecule has 0 aromatic heterocycles. The summed E-state index contributed by atoms with van der Waals surface area (Å²) in [4.78, 5) is 12.3. The van der Waals surface area contributed by atoms with E-state index in [2.05, 4.69) is 10.2 Å². The summed E-state index contributed by atoms with van der Waals surface area (Å²) in [6, 6.07) is 0. The maximum Gasteiger partial charge on any atom is 0.104 e. The first-order valence-corrected chi connectivity index (χ1v) is 4.71. The van der Waals surface area contributed by atoms with Crippen molar-refractivity contribution in [3.63, 3.8) is 0 Å². The smallest absolute Gasteiger partial charge is 0.104 e. The predicted octanol–water partition coefficient (Wildman–Crippen LogP) is -0.130. The molecule has 3 atom stereocenters. The zero-order valence-corrected chi connectivity index (χ0v) is 7.76. The van der Waals surface area contributed by atoms with E-state index in [-0.39, 0.29) is 6.23 Å². The van der Waals surface area contributed by atoms with Gasteiger partial charge in [0.25, 0.3) is 0 Å². The fraction of sp³-hybridized carbons (Fsp3) is 1.00. The Bertz CT molecular complexity index is 196. The third kappa shape index (κ3) is 1.53. The van der Waals surface area contributed by atoms with Gasteiger partial charge in [-0.3, -0.25) is 9.91 Å². The summed E-state index contributed by atoms with van der Waals surface area (Å²) >= 11 is 0. The molecule has 0 aromatic carbocycles. The second kappa shape index (κ2) is 3.23. The lowest BCUT2D eigenvalue weighted by Crippen LogP contribution is -2.33. The number of likely N-dealkylation sites (tertiary alicyclic amines) is 1. The highest BCUT2D eigenvalue weighted by Crippen LogP contribution is 2.31. The monoisotopic (exact) mass is 185 g/mol. The molecule has 0 saturated carbocycles. The topological polar surface area (TPSA) is 56.1 Å². The van der Waals surface area contributed by atoms with Crippen LogP contribution in [0.1, 0.15) is 6.92 Å². The minimum Gasteiger partial charge on any atom is -0.379 e. The van der Waals surface area contributed by atoms with Crippen molar-refractivity contribution in [1.29, 1.82) is 0 Å². The quantitative estimate of drug-likeness (QED) is 0.609. The maximum atomic E-state index is 10.3. The molecule has 74 valence electrons. The van der Waals surface area contributed by atoms with Crippen LogP contribution in [-0.4, -0.2) is 47.4 Å². The van der Waals surface area contributed by atoms with Gasteiger partial charge >= 0.3 is 0 Å². The van der Waals surface area contributed by atoms with Gasteiger partial charge in [-0.05, 0) is 18.8 Å². The third-order valence-electron chi connectivity index (χ3n) is 3.14. The molecule has 0 amide bonds. The highest BCUT2D eigenvalue weighted by molar-refractivity contribution is 4.91. The Morgan fingerprint density at radius 2 is 1.85 bits per heavy atom. The molecule has 0 aliphatic carbocycles. The first kappa shape index (κ1) is 8.90. The Morgan fingerprint density at radius 1 is 1.31 bits per heavy atom. The molecular weight excluding hydrogens is 170 g/mol. The fourth-order valence-electron chi connectivity index (χ4n) is 2.38. The van der Waals surface area contributed by atoms with Crippen molar-refractivity contribution in [2.75, 3.05) is 26.2 Å². The zero-order chi connectivity index (χ0) is 9.42. The average molecular weight is 185 g/mol. The molecule has 2 saturated heterocycles. The van der Waals surface area contributed by atoms with E-state index in [1.807, 2.05) is 0 Å². The van der Waals surface area contributed by atoms with Crippen molar-refractivity contribution in [2.45, 2.75) is 13.2 Å². The molecule has 0 radical (unpaired) electrons. The number of aliphatic hydroxyl groups is 1. The largest absolute Gasteiger partial charge is 0.379 e. The summed E-state index contributed by atoms with van der Waals surface area (Å²) in [6.07, 6.45) is -0.358. The molecule has 0 bridgehead atoms. The highest BCUT2D eigenvalue weighted by atomic mass is 16.3. The standard InChI is InChI=1S/C8H15N3O2/c1-6(12)10-2-7-4-11(9-13)5-8(7)3-10/h6-8,12H,2-5H2,1H3. The van der Waals surface area contributed by atoms with E-state index in [4.69, 9.17) is 0 Å². The van der Waals surface area contributed by atoms with Crippen molar-refractivity contribution < 1.29 is 5.11 Å². The lowest BCUT2D eigenvalue weighted by molar-refractivity contribution is 0.0284. The lowest BCUT2D eigenvalue weighted by Gasteiger charge is -2.20. The van der Waals surface area contributed by atoms with Gasteiger partial charge in [0.1, 0.15) is 6.23 Å². The van der Waals surface area contributed by atoms with Crippen molar-refractivity contribution in [2.24, 2.45) is 17.1 Å². The number of rotatable bonds is 2. The van der Waals surface area contributed by atoms with Gasteiger partial charge in [-0.2, -0.15) is 0 Å². The number of nitroso groups, excluding NO2 is 1. The van der Waals surface area contributed by atoms with Crippen LogP contribution in [0.25, 0.3) is 0 Å². The maximum absolute atomic E-state index is 10.3. The Morgan fingerprint density at radius 3 is 2.23 bits per heavy atom. The van der Waals surface area contributed by atoms with Crippen LogP contribution in [-0.2, 0) is 0 Å². The van der Waals surface area contributed by atoms with Crippen LogP contribution in [0, 0.1) is 16.7 Å². The Hall–Kier alpha value is -0.680. The van der Waals surface area contributed by atoms with Crippen molar-refractivity contribution in [3.05, 3.63) is 4.91 Å². The van der Waals surface area contributed by atoms with E-state index < -0.39 is 0 Å². The van der Waals surface area contributed by atoms with Crippen LogP contribution < -0.4 is 0 Å². The molecule has 0 aromatic rings. The van der Waals surface area contributed by atoms with Gasteiger partial charge in [0, 0.05) is 26.2 Å². The molecule has 2 aliphatic rings. The molecule has 2 heterocycles. The van der Waals surface area contributed by atoms with Crippen LogP contribution in [0.5, 0.6) is 0 Å². The van der Waals surface area contributed by atoms with Gasteiger partial charge in [0.2, 0.25) is 0 Å². The Balaban J connectivity index is 1.93. The van der Waals surface area contributed by atoms with Gasteiger partial charge < -0.3 is 5.11 Å². The lowest BCUT2D eigenvalue weighted by atomic mass is 10.0. The predicted molar refractivity (Wildman–Crippen MR) is 47.6 cm³/mol. The number of aliphatic hydroxyl groups excluding tert-OH is 1. The number of hydrogen-bond donors (Lipinski definition) is 1. The highest BCUT2D eigenvalue weighted by Gasteiger charge is 2.41. The number of hydrogen-bond acceptors (Lipinski definition) is 4. The Kier molecular flexibility index (Phi) is 2.21. The summed E-state index contributed by atoms with van der Waals surface area (Å²) in [6.45, 7) is 5.11. The van der Waals surface area contributed by atoms with Gasteiger partial charge in [-0.25, -0.2) is 0 Å². The van der Waals surface area contributed by atoms with Crippen molar-refractivity contribution >= 4 is 0 Å². The van der Waals surface area contributed by atoms with Gasteiger partial charge in [-0.15, -0.1) is 4.91 Å². The molecule has 2 rings (SSSR count). The van der Waals surface area contributed by atoms with E-state index in [1.54, 1.807) is 11.9 Å². The zero-order valence-electron chi connectivity index (χ0n) is 7.76. The van der Waals surface area contributed by atoms with Crippen LogP contribution in [0.3, 0.4) is 0 Å². The summed E-state index contributed by atoms with van der Waals surface area (Å²) in [5.74, 6) is 1.04. The minimum absolute atomic E-state index is 0.358. The fourth-order valence-corrected chi connectivity index (χ4v) is 2.38. The Labute approximate surface area is 77.3 Å². The summed E-state index contributed by atoms with van der Waals surface area (Å²) < 4.78 is 0. The van der Waals surface area contributed by atoms with Gasteiger partial charge in [0.05, 0.1) is 5.29 Å². The molecule has 5 heteroatoms.